The molecule has 2 amide bonds. The fourth-order valence-corrected chi connectivity index (χ4v) is 1.60. The SMILES string of the molecule is CCC(C)(C)CNC(=O)Nc1ccc(C(=O)O)c(C)c1. The molecule has 5 heteroatoms. The van der Waals surface area contributed by atoms with Gasteiger partial charge in [-0.1, -0.05) is 20.8 Å². The van der Waals surface area contributed by atoms with Crippen molar-refractivity contribution in [2.75, 3.05) is 11.9 Å². The third kappa shape index (κ3) is 4.57. The summed E-state index contributed by atoms with van der Waals surface area (Å²) in [6.07, 6.45) is 0.972. The van der Waals surface area contributed by atoms with E-state index < -0.39 is 5.97 Å². The van der Waals surface area contributed by atoms with E-state index in [0.29, 0.717) is 17.8 Å². The Bertz CT molecular complexity index is 510. The van der Waals surface area contributed by atoms with E-state index in [9.17, 15) is 9.59 Å². The lowest BCUT2D eigenvalue weighted by Crippen LogP contribution is -2.36. The summed E-state index contributed by atoms with van der Waals surface area (Å²) in [4.78, 5) is 22.7. The van der Waals surface area contributed by atoms with Crippen LogP contribution in [0, 0.1) is 12.3 Å². The van der Waals surface area contributed by atoms with Gasteiger partial charge in [0.2, 0.25) is 0 Å². The molecule has 110 valence electrons. The molecule has 0 bridgehead atoms. The van der Waals surface area contributed by atoms with Crippen LogP contribution in [0.2, 0.25) is 0 Å². The first kappa shape index (κ1) is 16.0. The fraction of sp³-hybridized carbons (Fsp3) is 0.467. The molecule has 0 saturated carbocycles. The van der Waals surface area contributed by atoms with Gasteiger partial charge >= 0.3 is 12.0 Å². The highest BCUT2D eigenvalue weighted by molar-refractivity contribution is 5.92. The highest BCUT2D eigenvalue weighted by atomic mass is 16.4. The summed E-state index contributed by atoms with van der Waals surface area (Å²) in [7, 11) is 0. The van der Waals surface area contributed by atoms with Crippen molar-refractivity contribution in [3.05, 3.63) is 29.3 Å². The summed E-state index contributed by atoms with van der Waals surface area (Å²) in [6, 6.07) is 4.44. The van der Waals surface area contributed by atoms with Gasteiger partial charge in [0, 0.05) is 12.2 Å². The van der Waals surface area contributed by atoms with Crippen LogP contribution in [0.1, 0.15) is 43.1 Å². The lowest BCUT2D eigenvalue weighted by atomic mass is 9.90. The Kier molecular flexibility index (Phi) is 5.13. The number of aromatic carboxylic acids is 1. The number of anilines is 1. The number of hydrogen-bond donors (Lipinski definition) is 3. The lowest BCUT2D eigenvalue weighted by Gasteiger charge is -2.22. The van der Waals surface area contributed by atoms with Crippen LogP contribution in [0.3, 0.4) is 0 Å². The largest absolute Gasteiger partial charge is 0.478 e. The molecule has 5 nitrogen and oxygen atoms in total. The maximum Gasteiger partial charge on any atom is 0.335 e. The summed E-state index contributed by atoms with van der Waals surface area (Å²) >= 11 is 0. The topological polar surface area (TPSA) is 78.4 Å². The van der Waals surface area contributed by atoms with Crippen LogP contribution in [0.25, 0.3) is 0 Å². The van der Waals surface area contributed by atoms with Gasteiger partial charge in [0.25, 0.3) is 0 Å². The third-order valence-corrected chi connectivity index (χ3v) is 3.40. The number of carbonyl (C=O) groups excluding carboxylic acids is 1. The number of hydrogen-bond acceptors (Lipinski definition) is 2. The number of carboxylic acids is 1. The zero-order valence-electron chi connectivity index (χ0n) is 12.4. The average Bonchev–Trinajstić information content (AvgIpc) is 2.36. The Morgan fingerprint density at radius 3 is 2.45 bits per heavy atom. The molecule has 1 rings (SSSR count). The van der Waals surface area contributed by atoms with Gasteiger partial charge in [-0.25, -0.2) is 9.59 Å². The molecule has 0 radical (unpaired) electrons. The molecule has 0 heterocycles. The van der Waals surface area contributed by atoms with Gasteiger partial charge in [0.1, 0.15) is 0 Å². The minimum atomic E-state index is -0.969. The van der Waals surface area contributed by atoms with Crippen LogP contribution in [0.5, 0.6) is 0 Å². The molecule has 3 N–H and O–H groups in total. The van der Waals surface area contributed by atoms with Crippen molar-refractivity contribution in [1.29, 1.82) is 0 Å². The third-order valence-electron chi connectivity index (χ3n) is 3.40. The first-order chi connectivity index (χ1) is 9.25. The Hall–Kier alpha value is -2.04. The summed E-state index contributed by atoms with van der Waals surface area (Å²) in [5, 5.41) is 14.5. The summed E-state index contributed by atoms with van der Waals surface area (Å²) in [6.45, 7) is 8.53. The molecule has 1 aromatic carbocycles. The Balaban J connectivity index is 2.63. The van der Waals surface area contributed by atoms with E-state index >= 15 is 0 Å². The first-order valence-electron chi connectivity index (χ1n) is 6.64. The van der Waals surface area contributed by atoms with Crippen molar-refractivity contribution < 1.29 is 14.7 Å². The first-order valence-corrected chi connectivity index (χ1v) is 6.64. The Morgan fingerprint density at radius 1 is 1.30 bits per heavy atom. The number of carboxylic acid groups (broad SMARTS) is 1. The maximum atomic E-state index is 11.8. The van der Waals surface area contributed by atoms with E-state index in [-0.39, 0.29) is 17.0 Å². The summed E-state index contributed by atoms with van der Waals surface area (Å²) in [5.74, 6) is -0.969. The van der Waals surface area contributed by atoms with E-state index in [0.717, 1.165) is 6.42 Å². The van der Waals surface area contributed by atoms with Crippen molar-refractivity contribution in [2.24, 2.45) is 5.41 Å². The minimum absolute atomic E-state index is 0.0560. The quantitative estimate of drug-likeness (QED) is 0.773. The van der Waals surface area contributed by atoms with Gasteiger partial charge in [0.05, 0.1) is 5.56 Å². The van der Waals surface area contributed by atoms with E-state index in [2.05, 4.69) is 31.4 Å². The molecule has 0 aromatic heterocycles. The second-order valence-electron chi connectivity index (χ2n) is 5.66. The predicted octanol–water partition coefficient (Wildman–Crippen LogP) is 3.25. The van der Waals surface area contributed by atoms with Gasteiger partial charge < -0.3 is 15.7 Å². The van der Waals surface area contributed by atoms with E-state index in [1.807, 2.05) is 0 Å². The molecule has 0 unspecified atom stereocenters. The molecular weight excluding hydrogens is 256 g/mol. The monoisotopic (exact) mass is 278 g/mol. The zero-order chi connectivity index (χ0) is 15.3. The van der Waals surface area contributed by atoms with Gasteiger partial charge in [0.15, 0.2) is 0 Å². The highest BCUT2D eigenvalue weighted by Crippen LogP contribution is 2.18. The van der Waals surface area contributed by atoms with Gasteiger partial charge in [-0.05, 0) is 42.5 Å². The molecule has 20 heavy (non-hydrogen) atoms. The fourth-order valence-electron chi connectivity index (χ4n) is 1.60. The van der Waals surface area contributed by atoms with Crippen molar-refractivity contribution in [1.82, 2.24) is 5.32 Å². The van der Waals surface area contributed by atoms with Crippen molar-refractivity contribution in [3.8, 4) is 0 Å². The molecule has 0 aliphatic heterocycles. The van der Waals surface area contributed by atoms with E-state index in [1.54, 1.807) is 19.1 Å². The van der Waals surface area contributed by atoms with Crippen molar-refractivity contribution in [2.45, 2.75) is 34.1 Å². The molecule has 0 fully saturated rings. The van der Waals surface area contributed by atoms with Crippen LogP contribution in [-0.2, 0) is 0 Å². The molecule has 1 aromatic rings. The molecule has 0 spiro atoms. The van der Waals surface area contributed by atoms with Gasteiger partial charge in [-0.3, -0.25) is 0 Å². The predicted molar refractivity (Wildman–Crippen MR) is 79.2 cm³/mol. The zero-order valence-corrected chi connectivity index (χ0v) is 12.4. The maximum absolute atomic E-state index is 11.8. The van der Waals surface area contributed by atoms with E-state index in [1.165, 1.54) is 6.07 Å². The van der Waals surface area contributed by atoms with Crippen LogP contribution in [0.15, 0.2) is 18.2 Å². The Labute approximate surface area is 119 Å². The smallest absolute Gasteiger partial charge is 0.335 e. The second-order valence-corrected chi connectivity index (χ2v) is 5.66. The van der Waals surface area contributed by atoms with Crippen LogP contribution in [-0.4, -0.2) is 23.7 Å². The number of benzene rings is 1. The average molecular weight is 278 g/mol. The number of aryl methyl sites for hydroxylation is 1. The Morgan fingerprint density at radius 2 is 1.95 bits per heavy atom. The molecule has 0 atom stereocenters. The van der Waals surface area contributed by atoms with Crippen molar-refractivity contribution in [3.63, 3.8) is 0 Å². The second kappa shape index (κ2) is 6.41. The van der Waals surface area contributed by atoms with Crippen LogP contribution >= 0.6 is 0 Å². The highest BCUT2D eigenvalue weighted by Gasteiger charge is 2.16. The molecule has 0 saturated heterocycles. The number of amides is 2. The lowest BCUT2D eigenvalue weighted by molar-refractivity contribution is 0.0696. The normalized spacial score (nSPS) is 11.0. The van der Waals surface area contributed by atoms with Crippen LogP contribution < -0.4 is 10.6 Å². The number of carbonyl (C=O) groups is 2. The standard InChI is InChI=1S/C15H22N2O3/c1-5-15(3,4)9-16-14(20)17-11-6-7-12(13(18)19)10(2)8-11/h6-8H,5,9H2,1-4H3,(H,18,19)(H2,16,17,20). The van der Waals surface area contributed by atoms with Crippen molar-refractivity contribution >= 4 is 17.7 Å². The van der Waals surface area contributed by atoms with Crippen LogP contribution in [0.4, 0.5) is 10.5 Å². The number of urea groups is 1. The number of rotatable bonds is 5. The summed E-state index contributed by atoms with van der Waals surface area (Å²) in [5.41, 5.74) is 1.49. The number of nitrogens with one attached hydrogen (secondary N) is 2. The van der Waals surface area contributed by atoms with E-state index in [4.69, 9.17) is 5.11 Å². The van der Waals surface area contributed by atoms with Gasteiger partial charge in [-0.2, -0.15) is 0 Å². The molecule has 0 aliphatic rings. The molecule has 0 aliphatic carbocycles. The minimum Gasteiger partial charge on any atom is -0.478 e. The molecular formula is C15H22N2O3. The van der Waals surface area contributed by atoms with Gasteiger partial charge in [-0.15, -0.1) is 0 Å². The summed E-state index contributed by atoms with van der Waals surface area (Å²) < 4.78 is 0.